The van der Waals surface area contributed by atoms with E-state index in [4.69, 9.17) is 10.3 Å². The number of aromatic nitrogens is 1. The van der Waals surface area contributed by atoms with E-state index in [1.54, 1.807) is 17.9 Å². The van der Waals surface area contributed by atoms with E-state index >= 15 is 0 Å². The van der Waals surface area contributed by atoms with Crippen molar-refractivity contribution in [3.05, 3.63) is 53.4 Å². The van der Waals surface area contributed by atoms with Gasteiger partial charge in [-0.1, -0.05) is 35.5 Å². The maximum absolute atomic E-state index is 12.3. The van der Waals surface area contributed by atoms with E-state index in [1.807, 2.05) is 18.2 Å². The lowest BCUT2D eigenvalue weighted by Gasteiger charge is -2.14. The second-order valence-electron chi connectivity index (χ2n) is 5.22. The Hall–Kier alpha value is -2.14. The normalized spacial score (nSPS) is 22.2. The number of aryl methyl sites for hydroxylation is 1. The minimum atomic E-state index is -0.139. The van der Waals surface area contributed by atoms with Crippen molar-refractivity contribution in [2.75, 3.05) is 13.1 Å². The lowest BCUT2D eigenvalue weighted by atomic mass is 9.95. The molecular weight excluding hydrogens is 254 g/mol. The summed E-state index contributed by atoms with van der Waals surface area (Å²) in [6.45, 7) is 2.95. The average Bonchev–Trinajstić information content (AvgIpc) is 3.05. The summed E-state index contributed by atoms with van der Waals surface area (Å²) in [5.74, 6) is 0.312. The van der Waals surface area contributed by atoms with Gasteiger partial charge in [-0.3, -0.25) is 4.79 Å². The molecule has 20 heavy (non-hydrogen) atoms. The summed E-state index contributed by atoms with van der Waals surface area (Å²) >= 11 is 0. The molecule has 2 aromatic rings. The smallest absolute Gasteiger partial charge is 0.292 e. The predicted octanol–water partition coefficient (Wildman–Crippen LogP) is 1.55. The Morgan fingerprint density at radius 1 is 1.35 bits per heavy atom. The quantitative estimate of drug-likeness (QED) is 0.899. The van der Waals surface area contributed by atoms with Crippen LogP contribution in [-0.4, -0.2) is 35.1 Å². The maximum atomic E-state index is 12.3. The van der Waals surface area contributed by atoms with Gasteiger partial charge in [0.1, 0.15) is 0 Å². The largest absolute Gasteiger partial charge is 0.351 e. The van der Waals surface area contributed by atoms with Crippen molar-refractivity contribution in [3.63, 3.8) is 0 Å². The van der Waals surface area contributed by atoms with Gasteiger partial charge in [0.05, 0.1) is 5.69 Å². The zero-order valence-electron chi connectivity index (χ0n) is 11.3. The zero-order valence-corrected chi connectivity index (χ0v) is 11.3. The Morgan fingerprint density at radius 3 is 2.75 bits per heavy atom. The van der Waals surface area contributed by atoms with Gasteiger partial charge in [0.25, 0.3) is 5.91 Å². The number of carbonyl (C=O) groups excluding carboxylic acids is 1. The van der Waals surface area contributed by atoms with Crippen molar-refractivity contribution < 1.29 is 9.32 Å². The van der Waals surface area contributed by atoms with Gasteiger partial charge >= 0.3 is 0 Å². The number of nitrogens with zero attached hydrogens (tertiary/aromatic N) is 2. The fourth-order valence-corrected chi connectivity index (χ4v) is 2.67. The van der Waals surface area contributed by atoms with Gasteiger partial charge in [-0.2, -0.15) is 0 Å². The van der Waals surface area contributed by atoms with E-state index < -0.39 is 0 Å². The number of benzene rings is 1. The molecule has 104 valence electrons. The molecule has 0 bridgehead atoms. The van der Waals surface area contributed by atoms with Crippen LogP contribution in [0.15, 0.2) is 40.9 Å². The summed E-state index contributed by atoms with van der Waals surface area (Å²) in [6, 6.07) is 11.7. The third kappa shape index (κ3) is 2.32. The Kier molecular flexibility index (Phi) is 3.28. The second kappa shape index (κ2) is 5.09. The summed E-state index contributed by atoms with van der Waals surface area (Å²) < 4.78 is 5.03. The van der Waals surface area contributed by atoms with Crippen LogP contribution in [0.3, 0.4) is 0 Å². The molecule has 1 aromatic carbocycles. The fourth-order valence-electron chi connectivity index (χ4n) is 2.67. The van der Waals surface area contributed by atoms with Gasteiger partial charge < -0.3 is 15.2 Å². The van der Waals surface area contributed by atoms with Gasteiger partial charge in [0.2, 0.25) is 5.76 Å². The molecule has 0 radical (unpaired) electrons. The van der Waals surface area contributed by atoms with Gasteiger partial charge in [-0.25, -0.2) is 0 Å². The molecule has 0 saturated carbocycles. The standard InChI is InChI=1S/C15H17N3O2/c1-10-7-14(20-17-10)15(19)18-8-12(13(16)9-18)11-5-3-2-4-6-11/h2-7,12-13H,8-9,16H2,1H3/t12-,13+/m0/s1. The number of rotatable bonds is 2. The Morgan fingerprint density at radius 2 is 2.10 bits per heavy atom. The van der Waals surface area contributed by atoms with Crippen LogP contribution in [0.2, 0.25) is 0 Å². The number of amides is 1. The summed E-state index contributed by atoms with van der Waals surface area (Å²) in [7, 11) is 0. The Labute approximate surface area is 117 Å². The lowest BCUT2D eigenvalue weighted by Crippen LogP contribution is -2.32. The van der Waals surface area contributed by atoms with Crippen LogP contribution in [0.4, 0.5) is 0 Å². The molecule has 1 aliphatic heterocycles. The molecule has 0 aliphatic carbocycles. The monoisotopic (exact) mass is 271 g/mol. The lowest BCUT2D eigenvalue weighted by molar-refractivity contribution is 0.0747. The number of nitrogens with two attached hydrogens (primary N) is 1. The van der Waals surface area contributed by atoms with E-state index in [9.17, 15) is 4.79 Å². The topological polar surface area (TPSA) is 72.4 Å². The highest BCUT2D eigenvalue weighted by Crippen LogP contribution is 2.27. The van der Waals surface area contributed by atoms with Crippen LogP contribution >= 0.6 is 0 Å². The van der Waals surface area contributed by atoms with Gasteiger partial charge in [-0.05, 0) is 12.5 Å². The molecule has 0 unspecified atom stereocenters. The zero-order chi connectivity index (χ0) is 14.1. The van der Waals surface area contributed by atoms with Crippen molar-refractivity contribution in [1.29, 1.82) is 0 Å². The van der Waals surface area contributed by atoms with E-state index in [2.05, 4.69) is 17.3 Å². The molecule has 1 aliphatic rings. The summed E-state index contributed by atoms with van der Waals surface area (Å²) in [6.07, 6.45) is 0. The van der Waals surface area contributed by atoms with Gasteiger partial charge in [0.15, 0.2) is 0 Å². The number of likely N-dealkylation sites (tertiary alicyclic amines) is 1. The minimum Gasteiger partial charge on any atom is -0.351 e. The van der Waals surface area contributed by atoms with Crippen LogP contribution in [0.5, 0.6) is 0 Å². The molecule has 5 nitrogen and oxygen atoms in total. The van der Waals surface area contributed by atoms with E-state index in [0.717, 1.165) is 0 Å². The van der Waals surface area contributed by atoms with E-state index in [1.165, 1.54) is 5.56 Å². The highest BCUT2D eigenvalue weighted by Gasteiger charge is 2.35. The summed E-state index contributed by atoms with van der Waals surface area (Å²) in [4.78, 5) is 14.1. The number of carbonyl (C=O) groups is 1. The molecule has 0 spiro atoms. The first-order chi connectivity index (χ1) is 9.65. The first-order valence-electron chi connectivity index (χ1n) is 6.68. The van der Waals surface area contributed by atoms with Crippen LogP contribution in [0.1, 0.15) is 27.7 Å². The summed E-state index contributed by atoms with van der Waals surface area (Å²) in [5.41, 5.74) is 8.06. The number of hydrogen-bond donors (Lipinski definition) is 1. The van der Waals surface area contributed by atoms with Crippen LogP contribution in [0.25, 0.3) is 0 Å². The molecule has 1 aromatic heterocycles. The van der Waals surface area contributed by atoms with Crippen LogP contribution in [-0.2, 0) is 0 Å². The van der Waals surface area contributed by atoms with E-state index in [-0.39, 0.29) is 23.6 Å². The molecule has 3 rings (SSSR count). The highest BCUT2D eigenvalue weighted by atomic mass is 16.5. The maximum Gasteiger partial charge on any atom is 0.292 e. The second-order valence-corrected chi connectivity index (χ2v) is 5.22. The number of hydrogen-bond acceptors (Lipinski definition) is 4. The SMILES string of the molecule is Cc1cc(C(=O)N2C[C@@H](N)[C@H](c3ccccc3)C2)on1. The molecule has 1 amide bonds. The van der Waals surface area contributed by atoms with Crippen LogP contribution in [0, 0.1) is 6.92 Å². The summed E-state index contributed by atoms with van der Waals surface area (Å²) in [5, 5.41) is 3.75. The fraction of sp³-hybridized carbons (Fsp3) is 0.333. The minimum absolute atomic E-state index is 0.0506. The average molecular weight is 271 g/mol. The molecule has 1 fully saturated rings. The predicted molar refractivity (Wildman–Crippen MR) is 74.3 cm³/mol. The third-order valence-electron chi connectivity index (χ3n) is 3.72. The molecule has 2 heterocycles. The third-order valence-corrected chi connectivity index (χ3v) is 3.72. The van der Waals surface area contributed by atoms with Crippen molar-refractivity contribution in [3.8, 4) is 0 Å². The van der Waals surface area contributed by atoms with Gasteiger partial charge in [0, 0.05) is 31.1 Å². The van der Waals surface area contributed by atoms with Crippen molar-refractivity contribution >= 4 is 5.91 Å². The van der Waals surface area contributed by atoms with E-state index in [0.29, 0.717) is 18.8 Å². The van der Waals surface area contributed by atoms with Crippen LogP contribution < -0.4 is 5.73 Å². The Balaban J connectivity index is 1.77. The molecule has 2 atom stereocenters. The van der Waals surface area contributed by atoms with Crippen molar-refractivity contribution in [1.82, 2.24) is 10.1 Å². The molecule has 1 saturated heterocycles. The highest BCUT2D eigenvalue weighted by molar-refractivity contribution is 5.91. The first-order valence-corrected chi connectivity index (χ1v) is 6.68. The molecular formula is C15H17N3O2. The first kappa shape index (κ1) is 12.9. The van der Waals surface area contributed by atoms with Crippen molar-refractivity contribution in [2.24, 2.45) is 5.73 Å². The van der Waals surface area contributed by atoms with Crippen molar-refractivity contribution in [2.45, 2.75) is 18.9 Å². The molecule has 5 heteroatoms. The Bertz CT molecular complexity index is 609. The molecule has 2 N–H and O–H groups in total. The van der Waals surface area contributed by atoms with Gasteiger partial charge in [-0.15, -0.1) is 0 Å².